The molecule has 0 heterocycles. The van der Waals surface area contributed by atoms with E-state index >= 15 is 0 Å². The number of rotatable bonds is 5. The first kappa shape index (κ1) is 18.5. The molecule has 5 heteroatoms. The van der Waals surface area contributed by atoms with Crippen molar-refractivity contribution in [3.8, 4) is 5.75 Å². The molecule has 25 heavy (non-hydrogen) atoms. The molecule has 2 aromatic carbocycles. The van der Waals surface area contributed by atoms with Crippen LogP contribution >= 0.6 is 0 Å². The fourth-order valence-corrected chi connectivity index (χ4v) is 2.17. The molecule has 1 amide bonds. The molecular formula is C20H25N3O2. The minimum absolute atomic E-state index is 0.0875. The van der Waals surface area contributed by atoms with Crippen molar-refractivity contribution < 1.29 is 9.53 Å². The molecule has 2 aromatic rings. The van der Waals surface area contributed by atoms with Crippen LogP contribution in [0.25, 0.3) is 0 Å². The van der Waals surface area contributed by atoms with E-state index in [9.17, 15) is 4.79 Å². The van der Waals surface area contributed by atoms with E-state index < -0.39 is 0 Å². The molecule has 0 aliphatic heterocycles. The lowest BCUT2D eigenvalue weighted by molar-refractivity contribution is -0.123. The molecule has 0 atom stereocenters. The highest BCUT2D eigenvalue weighted by Gasteiger charge is 2.13. The van der Waals surface area contributed by atoms with Gasteiger partial charge in [-0.1, -0.05) is 45.0 Å². The first-order chi connectivity index (χ1) is 11.8. The van der Waals surface area contributed by atoms with Crippen molar-refractivity contribution in [2.24, 2.45) is 5.10 Å². The highest BCUT2D eigenvalue weighted by atomic mass is 16.5. The van der Waals surface area contributed by atoms with Crippen LogP contribution < -0.4 is 15.9 Å². The monoisotopic (exact) mass is 339 g/mol. The van der Waals surface area contributed by atoms with Crippen molar-refractivity contribution in [2.75, 3.05) is 12.3 Å². The maximum atomic E-state index is 11.9. The molecule has 132 valence electrons. The topological polar surface area (TPSA) is 76.7 Å². The van der Waals surface area contributed by atoms with Gasteiger partial charge in [-0.2, -0.15) is 5.10 Å². The van der Waals surface area contributed by atoms with Crippen LogP contribution in [0.15, 0.2) is 53.6 Å². The number of amides is 1. The van der Waals surface area contributed by atoms with Crippen LogP contribution in [-0.4, -0.2) is 18.2 Å². The maximum Gasteiger partial charge on any atom is 0.277 e. The number of hydrogen-bond acceptors (Lipinski definition) is 4. The van der Waals surface area contributed by atoms with Crippen LogP contribution in [0.1, 0.15) is 38.8 Å². The number of benzene rings is 2. The molecule has 0 unspecified atom stereocenters. The molecule has 0 aliphatic carbocycles. The lowest BCUT2D eigenvalue weighted by atomic mass is 9.87. The molecule has 0 saturated carbocycles. The molecule has 3 N–H and O–H groups in total. The molecule has 0 bridgehead atoms. The Labute approximate surface area is 148 Å². The Hall–Kier alpha value is -2.82. The van der Waals surface area contributed by atoms with E-state index in [0.717, 1.165) is 5.56 Å². The average Bonchev–Trinajstić information content (AvgIpc) is 2.58. The predicted molar refractivity (Wildman–Crippen MR) is 102 cm³/mol. The zero-order valence-electron chi connectivity index (χ0n) is 15.2. The molecule has 0 fully saturated rings. The van der Waals surface area contributed by atoms with Crippen molar-refractivity contribution in [2.45, 2.75) is 33.1 Å². The van der Waals surface area contributed by atoms with Gasteiger partial charge in [-0.3, -0.25) is 4.79 Å². The molecule has 5 nitrogen and oxygen atoms in total. The number of nitrogens with two attached hydrogens (primary N) is 1. The quantitative estimate of drug-likeness (QED) is 0.497. The number of carbonyl (C=O) groups is 1. The van der Waals surface area contributed by atoms with Gasteiger partial charge in [-0.25, -0.2) is 5.43 Å². The summed E-state index contributed by atoms with van der Waals surface area (Å²) in [6.45, 7) is 8.18. The summed E-state index contributed by atoms with van der Waals surface area (Å²) >= 11 is 0. The number of hydrogen-bond donors (Lipinski definition) is 2. The second kappa shape index (κ2) is 7.83. The summed E-state index contributed by atoms with van der Waals surface area (Å²) in [5, 5.41) is 4.08. The summed E-state index contributed by atoms with van der Waals surface area (Å²) in [6, 6.07) is 15.1. The van der Waals surface area contributed by atoms with E-state index in [0.29, 0.717) is 17.1 Å². The molecule has 0 radical (unpaired) electrons. The lowest BCUT2D eigenvalue weighted by Crippen LogP contribution is -2.25. The molecule has 0 spiro atoms. The second-order valence-corrected chi connectivity index (χ2v) is 6.92. The first-order valence-corrected chi connectivity index (χ1v) is 8.18. The highest BCUT2D eigenvalue weighted by molar-refractivity contribution is 5.99. The molecular weight excluding hydrogens is 314 g/mol. The SMILES string of the molecule is C/C(=N/NC(=O)COc1ccc(C(C)(C)C)cc1)c1ccc(N)cc1. The maximum absolute atomic E-state index is 11.9. The summed E-state index contributed by atoms with van der Waals surface area (Å²) < 4.78 is 5.49. The van der Waals surface area contributed by atoms with E-state index in [4.69, 9.17) is 10.5 Å². The molecule has 2 rings (SSSR count). The van der Waals surface area contributed by atoms with Crippen molar-refractivity contribution in [3.63, 3.8) is 0 Å². The van der Waals surface area contributed by atoms with Crippen LogP contribution in [-0.2, 0) is 10.2 Å². The van der Waals surface area contributed by atoms with Crippen molar-refractivity contribution in [1.29, 1.82) is 0 Å². The molecule has 0 saturated heterocycles. The molecule has 0 aliphatic rings. The van der Waals surface area contributed by atoms with Gasteiger partial charge >= 0.3 is 0 Å². The van der Waals surface area contributed by atoms with Crippen molar-refractivity contribution in [3.05, 3.63) is 59.7 Å². The third-order valence-corrected chi connectivity index (χ3v) is 3.77. The van der Waals surface area contributed by atoms with Crippen LogP contribution in [0, 0.1) is 0 Å². The van der Waals surface area contributed by atoms with E-state index in [1.807, 2.05) is 43.3 Å². The number of carbonyl (C=O) groups excluding carboxylic acids is 1. The average molecular weight is 339 g/mol. The van der Waals surface area contributed by atoms with Gasteiger partial charge in [0.1, 0.15) is 5.75 Å². The van der Waals surface area contributed by atoms with Crippen LogP contribution in [0.2, 0.25) is 0 Å². The standard InChI is InChI=1S/C20H25N3O2/c1-14(15-5-9-17(21)10-6-15)22-23-19(24)13-25-18-11-7-16(8-12-18)20(2,3)4/h5-12H,13,21H2,1-4H3,(H,23,24)/b22-14-. The Bertz CT molecular complexity index is 742. The number of anilines is 1. The lowest BCUT2D eigenvalue weighted by Gasteiger charge is -2.19. The molecule has 0 aromatic heterocycles. The number of nitrogens with zero attached hydrogens (tertiary/aromatic N) is 1. The van der Waals surface area contributed by atoms with Gasteiger partial charge in [0.25, 0.3) is 5.91 Å². The Balaban J connectivity index is 1.86. The van der Waals surface area contributed by atoms with E-state index in [1.54, 1.807) is 12.1 Å². The highest BCUT2D eigenvalue weighted by Crippen LogP contribution is 2.24. The normalized spacial score (nSPS) is 11.9. The van der Waals surface area contributed by atoms with Gasteiger partial charge in [-0.15, -0.1) is 0 Å². The van der Waals surface area contributed by atoms with E-state index in [2.05, 4.69) is 31.3 Å². The zero-order chi connectivity index (χ0) is 18.4. The Morgan fingerprint density at radius 3 is 2.24 bits per heavy atom. The largest absolute Gasteiger partial charge is 0.484 e. The number of nitrogens with one attached hydrogen (secondary N) is 1. The predicted octanol–water partition coefficient (Wildman–Crippen LogP) is 3.49. The fourth-order valence-electron chi connectivity index (χ4n) is 2.17. The van der Waals surface area contributed by atoms with Crippen LogP contribution in [0.4, 0.5) is 5.69 Å². The Morgan fingerprint density at radius 1 is 1.08 bits per heavy atom. The zero-order valence-corrected chi connectivity index (χ0v) is 15.2. The Kier molecular flexibility index (Phi) is 5.80. The van der Waals surface area contributed by atoms with Gasteiger partial charge in [0.15, 0.2) is 6.61 Å². The summed E-state index contributed by atoms with van der Waals surface area (Å²) in [4.78, 5) is 11.9. The minimum Gasteiger partial charge on any atom is -0.484 e. The summed E-state index contributed by atoms with van der Waals surface area (Å²) in [6.07, 6.45) is 0. The van der Waals surface area contributed by atoms with Crippen LogP contribution in [0.5, 0.6) is 5.75 Å². The van der Waals surface area contributed by atoms with Gasteiger partial charge in [0.05, 0.1) is 5.71 Å². The van der Waals surface area contributed by atoms with Gasteiger partial charge in [0, 0.05) is 5.69 Å². The number of ether oxygens (including phenoxy) is 1. The first-order valence-electron chi connectivity index (χ1n) is 8.18. The summed E-state index contributed by atoms with van der Waals surface area (Å²) in [7, 11) is 0. The number of nitrogen functional groups attached to an aromatic ring is 1. The van der Waals surface area contributed by atoms with E-state index in [1.165, 1.54) is 5.56 Å². The van der Waals surface area contributed by atoms with Crippen LogP contribution in [0.3, 0.4) is 0 Å². The van der Waals surface area contributed by atoms with Gasteiger partial charge < -0.3 is 10.5 Å². The smallest absolute Gasteiger partial charge is 0.277 e. The Morgan fingerprint density at radius 2 is 1.68 bits per heavy atom. The summed E-state index contributed by atoms with van der Waals surface area (Å²) in [5.74, 6) is 0.345. The van der Waals surface area contributed by atoms with Gasteiger partial charge in [0.2, 0.25) is 0 Å². The third kappa shape index (κ3) is 5.64. The second-order valence-electron chi connectivity index (χ2n) is 6.92. The van der Waals surface area contributed by atoms with Crippen molar-refractivity contribution in [1.82, 2.24) is 5.43 Å². The summed E-state index contributed by atoms with van der Waals surface area (Å²) in [5.41, 5.74) is 11.7. The third-order valence-electron chi connectivity index (χ3n) is 3.77. The number of hydrazone groups is 1. The minimum atomic E-state index is -0.310. The fraction of sp³-hybridized carbons (Fsp3) is 0.300. The van der Waals surface area contributed by atoms with E-state index in [-0.39, 0.29) is 17.9 Å². The van der Waals surface area contributed by atoms with Gasteiger partial charge in [-0.05, 0) is 47.7 Å². The van der Waals surface area contributed by atoms with Crippen molar-refractivity contribution >= 4 is 17.3 Å².